The van der Waals surface area contributed by atoms with Gasteiger partial charge in [-0.1, -0.05) is 0 Å². The molecule has 0 radical (unpaired) electrons. The summed E-state index contributed by atoms with van der Waals surface area (Å²) < 4.78 is 5.44. The Morgan fingerprint density at radius 2 is 1.96 bits per heavy atom. The van der Waals surface area contributed by atoms with Crippen LogP contribution in [0.2, 0.25) is 0 Å². The first kappa shape index (κ1) is 19.1. The Morgan fingerprint density at radius 3 is 2.48 bits per heavy atom. The van der Waals surface area contributed by atoms with Gasteiger partial charge in [-0.15, -0.1) is 0 Å². The SMILES string of the molecule is CC(C)(C)OC(=O)N1CCc2cc(CO)c(O)cc2[C@@]1(C)CC(=O)O. The first-order valence-electron chi connectivity index (χ1n) is 8.16. The molecule has 1 aliphatic rings. The van der Waals surface area contributed by atoms with E-state index in [0.717, 1.165) is 5.56 Å². The minimum atomic E-state index is -1.16. The van der Waals surface area contributed by atoms with E-state index in [1.165, 1.54) is 11.0 Å². The fourth-order valence-corrected chi connectivity index (χ4v) is 3.24. The fourth-order valence-electron chi connectivity index (χ4n) is 3.24. The largest absolute Gasteiger partial charge is 0.508 e. The van der Waals surface area contributed by atoms with E-state index < -0.39 is 23.2 Å². The number of fused-ring (bicyclic) bond motifs is 1. The topological polar surface area (TPSA) is 107 Å². The van der Waals surface area contributed by atoms with Crippen LogP contribution in [0.4, 0.5) is 4.79 Å². The van der Waals surface area contributed by atoms with Gasteiger partial charge in [-0.2, -0.15) is 0 Å². The second kappa shape index (κ2) is 6.55. The van der Waals surface area contributed by atoms with E-state index >= 15 is 0 Å². The number of carbonyl (C=O) groups excluding carboxylic acids is 1. The van der Waals surface area contributed by atoms with E-state index in [1.807, 2.05) is 0 Å². The smallest absolute Gasteiger partial charge is 0.411 e. The van der Waals surface area contributed by atoms with Crippen LogP contribution in [0.25, 0.3) is 0 Å². The van der Waals surface area contributed by atoms with Gasteiger partial charge in [0.25, 0.3) is 0 Å². The summed E-state index contributed by atoms with van der Waals surface area (Å²) in [6.45, 7) is 6.87. The number of aliphatic hydroxyl groups excluding tert-OH is 1. The van der Waals surface area contributed by atoms with Crippen LogP contribution in [-0.4, -0.2) is 44.4 Å². The molecule has 0 fully saturated rings. The Kier molecular flexibility index (Phi) is 4.99. The van der Waals surface area contributed by atoms with E-state index in [1.54, 1.807) is 33.8 Å². The number of carboxylic acid groups (broad SMARTS) is 1. The van der Waals surface area contributed by atoms with Crippen molar-refractivity contribution in [3.8, 4) is 5.75 Å². The van der Waals surface area contributed by atoms with Gasteiger partial charge in [-0.25, -0.2) is 4.79 Å². The maximum Gasteiger partial charge on any atom is 0.411 e. The number of aliphatic carboxylic acids is 1. The molecule has 0 saturated heterocycles. The van der Waals surface area contributed by atoms with E-state index in [9.17, 15) is 24.9 Å². The van der Waals surface area contributed by atoms with Crippen molar-refractivity contribution in [2.24, 2.45) is 0 Å². The number of hydrogen-bond donors (Lipinski definition) is 3. The minimum Gasteiger partial charge on any atom is -0.508 e. The van der Waals surface area contributed by atoms with Crippen molar-refractivity contribution in [2.75, 3.05) is 6.54 Å². The van der Waals surface area contributed by atoms with Crippen LogP contribution in [0, 0.1) is 0 Å². The summed E-state index contributed by atoms with van der Waals surface area (Å²) in [5.74, 6) is -1.18. The zero-order valence-corrected chi connectivity index (χ0v) is 15.0. The lowest BCUT2D eigenvalue weighted by atomic mass is 9.79. The molecule has 1 aliphatic heterocycles. The molecule has 1 amide bonds. The highest BCUT2D eigenvalue weighted by Gasteiger charge is 2.45. The lowest BCUT2D eigenvalue weighted by Crippen LogP contribution is -2.54. The number of amides is 1. The summed E-state index contributed by atoms with van der Waals surface area (Å²) in [5.41, 5.74) is -0.119. The molecule has 1 aromatic rings. The molecule has 0 aromatic heterocycles. The first-order chi connectivity index (χ1) is 11.5. The number of benzene rings is 1. The number of nitrogens with zero attached hydrogens (tertiary/aromatic N) is 1. The molecule has 0 aliphatic carbocycles. The summed E-state index contributed by atoms with van der Waals surface area (Å²) >= 11 is 0. The van der Waals surface area contributed by atoms with E-state index in [-0.39, 0.29) is 18.8 Å². The molecular formula is C18H25NO6. The summed E-state index contributed by atoms with van der Waals surface area (Å²) in [6.07, 6.45) is -0.429. The maximum absolute atomic E-state index is 12.6. The molecular weight excluding hydrogens is 326 g/mol. The quantitative estimate of drug-likeness (QED) is 0.772. The second-order valence-corrected chi connectivity index (χ2v) is 7.52. The van der Waals surface area contributed by atoms with Crippen LogP contribution in [0.3, 0.4) is 0 Å². The van der Waals surface area contributed by atoms with E-state index in [2.05, 4.69) is 0 Å². The van der Waals surface area contributed by atoms with Gasteiger partial charge in [0.1, 0.15) is 11.4 Å². The summed E-state index contributed by atoms with van der Waals surface area (Å²) in [4.78, 5) is 25.5. The van der Waals surface area contributed by atoms with Gasteiger partial charge in [0.05, 0.1) is 18.6 Å². The number of aliphatic hydroxyl groups is 1. The van der Waals surface area contributed by atoms with Crippen molar-refractivity contribution in [3.05, 3.63) is 28.8 Å². The Morgan fingerprint density at radius 1 is 1.32 bits per heavy atom. The van der Waals surface area contributed by atoms with Crippen molar-refractivity contribution >= 4 is 12.1 Å². The Labute approximate surface area is 146 Å². The van der Waals surface area contributed by atoms with Gasteiger partial charge < -0.3 is 20.1 Å². The standard InChI is InChI=1S/C18H25NO6/c1-17(2,3)25-16(24)19-6-5-11-7-12(10-20)14(21)8-13(11)18(19,4)9-15(22)23/h7-8,20-21H,5-6,9-10H2,1-4H3,(H,22,23)/t18-/m1/s1. The fraction of sp³-hybridized carbons (Fsp3) is 0.556. The number of carboxylic acids is 1. The number of carbonyl (C=O) groups is 2. The van der Waals surface area contributed by atoms with E-state index in [4.69, 9.17) is 4.74 Å². The molecule has 0 bridgehead atoms. The van der Waals surface area contributed by atoms with Crippen molar-refractivity contribution in [1.29, 1.82) is 0 Å². The highest BCUT2D eigenvalue weighted by molar-refractivity contribution is 5.75. The molecule has 7 heteroatoms. The summed E-state index contributed by atoms with van der Waals surface area (Å²) in [7, 11) is 0. The van der Waals surface area contributed by atoms with Crippen molar-refractivity contribution < 1.29 is 29.6 Å². The van der Waals surface area contributed by atoms with Crippen molar-refractivity contribution in [3.63, 3.8) is 0 Å². The zero-order chi connectivity index (χ0) is 19.0. The van der Waals surface area contributed by atoms with Gasteiger partial charge >= 0.3 is 12.1 Å². The molecule has 3 N–H and O–H groups in total. The lowest BCUT2D eigenvalue weighted by Gasteiger charge is -2.45. The maximum atomic E-state index is 12.6. The molecule has 0 unspecified atom stereocenters. The van der Waals surface area contributed by atoms with Crippen LogP contribution in [-0.2, 0) is 28.1 Å². The van der Waals surface area contributed by atoms with Gasteiger partial charge in [0.2, 0.25) is 0 Å². The van der Waals surface area contributed by atoms with Crippen LogP contribution < -0.4 is 0 Å². The van der Waals surface area contributed by atoms with Crippen LogP contribution in [0.5, 0.6) is 5.75 Å². The van der Waals surface area contributed by atoms with Gasteiger partial charge in [-0.3, -0.25) is 9.69 Å². The van der Waals surface area contributed by atoms with Gasteiger partial charge in [0.15, 0.2) is 0 Å². The number of ether oxygens (including phenoxy) is 1. The summed E-state index contributed by atoms with van der Waals surface area (Å²) in [5, 5.41) is 28.8. The Hall–Kier alpha value is -2.28. The first-order valence-corrected chi connectivity index (χ1v) is 8.16. The molecule has 0 spiro atoms. The van der Waals surface area contributed by atoms with Crippen molar-refractivity contribution in [2.45, 2.75) is 58.3 Å². The molecule has 7 nitrogen and oxygen atoms in total. The number of rotatable bonds is 3. The molecule has 2 rings (SSSR count). The van der Waals surface area contributed by atoms with Gasteiger partial charge in [-0.05, 0) is 57.4 Å². The van der Waals surface area contributed by atoms with Crippen molar-refractivity contribution in [1.82, 2.24) is 4.90 Å². The summed E-state index contributed by atoms with van der Waals surface area (Å²) in [6, 6.07) is 3.11. The molecule has 25 heavy (non-hydrogen) atoms. The highest BCUT2D eigenvalue weighted by Crippen LogP contribution is 2.41. The predicted octanol–water partition coefficient (Wildman–Crippen LogP) is 2.37. The normalized spacial score (nSPS) is 20.1. The zero-order valence-electron chi connectivity index (χ0n) is 15.0. The molecule has 1 heterocycles. The average Bonchev–Trinajstić information content (AvgIpc) is 2.44. The molecule has 138 valence electrons. The molecule has 1 aromatic carbocycles. The Bertz CT molecular complexity index is 694. The van der Waals surface area contributed by atoms with Crippen LogP contribution in [0.15, 0.2) is 12.1 Å². The monoisotopic (exact) mass is 351 g/mol. The van der Waals surface area contributed by atoms with Gasteiger partial charge in [0, 0.05) is 12.1 Å². The van der Waals surface area contributed by atoms with Crippen LogP contribution >= 0.6 is 0 Å². The van der Waals surface area contributed by atoms with Crippen LogP contribution in [0.1, 0.15) is 50.8 Å². The highest BCUT2D eigenvalue weighted by atomic mass is 16.6. The third kappa shape index (κ3) is 3.87. The number of aromatic hydroxyl groups is 1. The number of phenols is 1. The number of hydrogen-bond acceptors (Lipinski definition) is 5. The predicted molar refractivity (Wildman–Crippen MR) is 90.3 cm³/mol. The van der Waals surface area contributed by atoms with E-state index in [0.29, 0.717) is 24.1 Å². The third-order valence-electron chi connectivity index (χ3n) is 4.36. The lowest BCUT2D eigenvalue weighted by molar-refractivity contribution is -0.140. The molecule has 0 saturated carbocycles. The Balaban J connectivity index is 2.52. The second-order valence-electron chi connectivity index (χ2n) is 7.52. The third-order valence-corrected chi connectivity index (χ3v) is 4.36. The molecule has 1 atom stereocenters. The minimum absolute atomic E-state index is 0.121. The average molecular weight is 351 g/mol.